The van der Waals surface area contributed by atoms with Crippen LogP contribution in [0, 0.1) is 5.92 Å². The molecule has 1 fully saturated rings. The molecule has 0 bridgehead atoms. The Kier molecular flexibility index (Phi) is 4.15. The molecule has 1 aliphatic rings. The minimum absolute atomic E-state index is 0.0177. The highest BCUT2D eigenvalue weighted by Crippen LogP contribution is 2.37. The molecule has 0 aliphatic heterocycles. The van der Waals surface area contributed by atoms with Gasteiger partial charge in [0.25, 0.3) is 0 Å². The van der Waals surface area contributed by atoms with Gasteiger partial charge in [0.2, 0.25) is 5.92 Å². The molecule has 17 heavy (non-hydrogen) atoms. The van der Waals surface area contributed by atoms with Gasteiger partial charge in [0.05, 0.1) is 0 Å². The summed E-state index contributed by atoms with van der Waals surface area (Å²) in [5.74, 6) is -2.16. The summed E-state index contributed by atoms with van der Waals surface area (Å²) in [7, 11) is 0. The van der Waals surface area contributed by atoms with Gasteiger partial charge in [-0.2, -0.15) is 11.3 Å². The van der Waals surface area contributed by atoms with E-state index in [9.17, 15) is 8.78 Å². The summed E-state index contributed by atoms with van der Waals surface area (Å²) in [5, 5.41) is 4.18. The van der Waals surface area contributed by atoms with E-state index >= 15 is 0 Å². The van der Waals surface area contributed by atoms with E-state index in [1.54, 1.807) is 11.3 Å². The molecule has 1 aliphatic carbocycles. The second-order valence-corrected chi connectivity index (χ2v) is 5.81. The molecule has 0 radical (unpaired) electrons. The van der Waals surface area contributed by atoms with Crippen LogP contribution in [0.5, 0.6) is 0 Å². The lowest BCUT2D eigenvalue weighted by Gasteiger charge is -2.31. The molecular weight excluding hydrogens is 240 g/mol. The average Bonchev–Trinajstić information content (AvgIpc) is 2.78. The van der Waals surface area contributed by atoms with Crippen molar-refractivity contribution in [3.63, 3.8) is 0 Å². The lowest BCUT2D eigenvalue weighted by Crippen LogP contribution is -2.36. The van der Waals surface area contributed by atoms with E-state index in [0.717, 1.165) is 12.8 Å². The van der Waals surface area contributed by atoms with E-state index in [0.29, 0.717) is 12.8 Å². The van der Waals surface area contributed by atoms with E-state index in [2.05, 4.69) is 16.8 Å². The molecule has 1 heterocycles. The van der Waals surface area contributed by atoms with Crippen LogP contribution in [-0.2, 0) is 6.42 Å². The smallest absolute Gasteiger partial charge is 0.248 e. The molecule has 0 aromatic carbocycles. The molecule has 0 spiro atoms. The predicted octanol–water partition coefficient (Wildman–Crippen LogP) is 3.83. The normalized spacial score (nSPS) is 22.5. The van der Waals surface area contributed by atoms with Gasteiger partial charge >= 0.3 is 0 Å². The maximum absolute atomic E-state index is 13.0. The van der Waals surface area contributed by atoms with Crippen LogP contribution < -0.4 is 5.73 Å². The van der Waals surface area contributed by atoms with Gasteiger partial charge in [0.15, 0.2) is 0 Å². The molecule has 0 amide bonds. The average molecular weight is 259 g/mol. The Bertz CT molecular complexity index is 327. The van der Waals surface area contributed by atoms with Gasteiger partial charge in [-0.25, -0.2) is 8.78 Å². The Balaban J connectivity index is 1.75. The first-order chi connectivity index (χ1) is 8.07. The summed E-state index contributed by atoms with van der Waals surface area (Å²) in [6.07, 6.45) is 3.08. The van der Waals surface area contributed by atoms with E-state index in [1.807, 2.05) is 0 Å². The zero-order valence-electron chi connectivity index (χ0n) is 9.87. The number of nitrogens with two attached hydrogens (primary N) is 1. The van der Waals surface area contributed by atoms with Crippen LogP contribution in [0.2, 0.25) is 0 Å². The summed E-state index contributed by atoms with van der Waals surface area (Å²) >= 11 is 1.69. The molecule has 2 rings (SSSR count). The highest BCUT2D eigenvalue weighted by Gasteiger charge is 2.36. The quantitative estimate of drug-likeness (QED) is 0.873. The van der Waals surface area contributed by atoms with E-state index in [1.165, 1.54) is 5.56 Å². The number of hydrogen-bond donors (Lipinski definition) is 1. The van der Waals surface area contributed by atoms with Crippen molar-refractivity contribution in [2.24, 2.45) is 11.7 Å². The highest BCUT2D eigenvalue weighted by atomic mass is 32.1. The number of hydrogen-bond acceptors (Lipinski definition) is 2. The molecule has 1 nitrogen and oxygen atoms in total. The largest absolute Gasteiger partial charge is 0.327 e. The lowest BCUT2D eigenvalue weighted by atomic mass is 9.81. The molecular formula is C13H19F2NS. The van der Waals surface area contributed by atoms with Crippen LogP contribution >= 0.6 is 11.3 Å². The molecule has 1 atom stereocenters. The first-order valence-electron chi connectivity index (χ1n) is 6.21. The fourth-order valence-electron chi connectivity index (χ4n) is 2.49. The summed E-state index contributed by atoms with van der Waals surface area (Å²) in [6, 6.07) is 2.18. The maximum Gasteiger partial charge on any atom is 0.248 e. The van der Waals surface area contributed by atoms with Crippen LogP contribution in [-0.4, -0.2) is 12.0 Å². The minimum Gasteiger partial charge on any atom is -0.327 e. The lowest BCUT2D eigenvalue weighted by molar-refractivity contribution is -0.0484. The standard InChI is InChI=1S/C13H19F2NS/c14-13(15)6-3-11(4-7-13)12(16)2-1-10-5-8-17-9-10/h5,8-9,11-12H,1-4,6-7,16H2. The Morgan fingerprint density at radius 1 is 1.41 bits per heavy atom. The molecule has 1 unspecified atom stereocenters. The van der Waals surface area contributed by atoms with Gasteiger partial charge in [-0.1, -0.05) is 0 Å². The highest BCUT2D eigenvalue weighted by molar-refractivity contribution is 7.07. The molecule has 2 N–H and O–H groups in total. The molecule has 0 saturated heterocycles. The summed E-state index contributed by atoms with van der Waals surface area (Å²) in [4.78, 5) is 0. The number of alkyl halides is 2. The van der Waals surface area contributed by atoms with Gasteiger partial charge in [0.1, 0.15) is 0 Å². The fourth-order valence-corrected chi connectivity index (χ4v) is 3.20. The van der Waals surface area contributed by atoms with Gasteiger partial charge in [-0.15, -0.1) is 0 Å². The Morgan fingerprint density at radius 3 is 2.71 bits per heavy atom. The van der Waals surface area contributed by atoms with Crippen molar-refractivity contribution in [2.45, 2.75) is 50.5 Å². The Hall–Kier alpha value is -0.480. The van der Waals surface area contributed by atoms with Crippen molar-refractivity contribution in [2.75, 3.05) is 0 Å². The van der Waals surface area contributed by atoms with E-state index in [-0.39, 0.29) is 24.8 Å². The van der Waals surface area contributed by atoms with Crippen molar-refractivity contribution < 1.29 is 8.78 Å². The number of halogens is 2. The Labute approximate surface area is 105 Å². The van der Waals surface area contributed by atoms with Crippen molar-refractivity contribution in [1.29, 1.82) is 0 Å². The van der Waals surface area contributed by atoms with Crippen LogP contribution in [0.1, 0.15) is 37.7 Å². The number of aryl methyl sites for hydroxylation is 1. The third kappa shape index (κ3) is 3.75. The van der Waals surface area contributed by atoms with Gasteiger partial charge < -0.3 is 5.73 Å². The summed E-state index contributed by atoms with van der Waals surface area (Å²) in [6.45, 7) is 0. The van der Waals surface area contributed by atoms with E-state index in [4.69, 9.17) is 5.73 Å². The fraction of sp³-hybridized carbons (Fsp3) is 0.692. The summed E-state index contributed by atoms with van der Waals surface area (Å²) in [5.41, 5.74) is 7.42. The van der Waals surface area contributed by atoms with Crippen LogP contribution in [0.25, 0.3) is 0 Å². The van der Waals surface area contributed by atoms with Gasteiger partial charge in [-0.05, 0) is 54.0 Å². The van der Waals surface area contributed by atoms with Crippen molar-refractivity contribution >= 4 is 11.3 Å². The third-order valence-electron chi connectivity index (χ3n) is 3.71. The molecule has 4 heteroatoms. The van der Waals surface area contributed by atoms with Crippen molar-refractivity contribution in [1.82, 2.24) is 0 Å². The number of rotatable bonds is 4. The SMILES string of the molecule is NC(CCc1ccsc1)C1CCC(F)(F)CC1. The summed E-state index contributed by atoms with van der Waals surface area (Å²) < 4.78 is 26.0. The molecule has 96 valence electrons. The van der Waals surface area contributed by atoms with E-state index < -0.39 is 5.92 Å². The molecule has 1 saturated carbocycles. The topological polar surface area (TPSA) is 26.0 Å². The second-order valence-electron chi connectivity index (χ2n) is 5.03. The first-order valence-corrected chi connectivity index (χ1v) is 7.15. The predicted molar refractivity (Wildman–Crippen MR) is 67.5 cm³/mol. The van der Waals surface area contributed by atoms with Crippen LogP contribution in [0.4, 0.5) is 8.78 Å². The Morgan fingerprint density at radius 2 is 2.12 bits per heavy atom. The maximum atomic E-state index is 13.0. The van der Waals surface area contributed by atoms with Crippen LogP contribution in [0.3, 0.4) is 0 Å². The van der Waals surface area contributed by atoms with Crippen molar-refractivity contribution in [3.05, 3.63) is 22.4 Å². The van der Waals surface area contributed by atoms with Crippen molar-refractivity contribution in [3.8, 4) is 0 Å². The zero-order valence-corrected chi connectivity index (χ0v) is 10.7. The first kappa shape index (κ1) is 13.0. The second kappa shape index (κ2) is 5.44. The van der Waals surface area contributed by atoms with Crippen LogP contribution in [0.15, 0.2) is 16.8 Å². The minimum atomic E-state index is -2.44. The zero-order chi connectivity index (χ0) is 12.3. The van der Waals surface area contributed by atoms with Gasteiger partial charge in [-0.3, -0.25) is 0 Å². The third-order valence-corrected chi connectivity index (χ3v) is 4.45. The molecule has 1 aromatic heterocycles. The monoisotopic (exact) mass is 259 g/mol. The molecule has 1 aromatic rings. The van der Waals surface area contributed by atoms with Gasteiger partial charge in [0, 0.05) is 18.9 Å². The number of thiophene rings is 1.